The molecule has 2 aliphatic rings. The van der Waals surface area contributed by atoms with Gasteiger partial charge in [0.15, 0.2) is 0 Å². The van der Waals surface area contributed by atoms with Crippen molar-refractivity contribution in [3.05, 3.63) is 0 Å². The lowest BCUT2D eigenvalue weighted by Crippen LogP contribution is -2.35. The van der Waals surface area contributed by atoms with Crippen LogP contribution < -0.4 is 0 Å². The van der Waals surface area contributed by atoms with Gasteiger partial charge < -0.3 is 9.64 Å². The Kier molecular flexibility index (Phi) is 3.40. The number of hydrogen-bond acceptors (Lipinski definition) is 3. The second-order valence-electron chi connectivity index (χ2n) is 5.48. The maximum Gasteiger partial charge on any atom is 0.310 e. The van der Waals surface area contributed by atoms with Crippen LogP contribution in [0.1, 0.15) is 26.7 Å². The van der Waals surface area contributed by atoms with Crippen molar-refractivity contribution in [1.29, 1.82) is 0 Å². The van der Waals surface area contributed by atoms with Gasteiger partial charge in [0.05, 0.1) is 13.0 Å². The van der Waals surface area contributed by atoms with Gasteiger partial charge in [0, 0.05) is 19.0 Å². The highest BCUT2D eigenvalue weighted by molar-refractivity contribution is 5.81. The lowest BCUT2D eigenvalue weighted by atomic mass is 9.99. The molecular weight excluding hydrogens is 218 g/mol. The molecule has 96 valence electrons. The summed E-state index contributed by atoms with van der Waals surface area (Å²) in [5.74, 6) is 0.791. The lowest BCUT2D eigenvalue weighted by molar-refractivity contribution is -0.146. The van der Waals surface area contributed by atoms with Crippen molar-refractivity contribution in [3.63, 3.8) is 0 Å². The van der Waals surface area contributed by atoms with E-state index in [2.05, 4.69) is 0 Å². The minimum absolute atomic E-state index is 0.124. The van der Waals surface area contributed by atoms with E-state index >= 15 is 0 Å². The number of esters is 1. The molecule has 1 saturated heterocycles. The number of carbonyl (C=O) groups excluding carboxylic acids is 2. The average Bonchev–Trinajstić information content (AvgIpc) is 3.09. The number of hydrogen-bond donors (Lipinski definition) is 0. The van der Waals surface area contributed by atoms with Crippen LogP contribution in [0.5, 0.6) is 0 Å². The molecule has 0 aromatic carbocycles. The summed E-state index contributed by atoms with van der Waals surface area (Å²) in [6.45, 7) is 5.24. The van der Waals surface area contributed by atoms with Gasteiger partial charge in [-0.2, -0.15) is 0 Å². The summed E-state index contributed by atoms with van der Waals surface area (Å²) < 4.78 is 4.78. The van der Waals surface area contributed by atoms with Gasteiger partial charge in [0.25, 0.3) is 0 Å². The molecule has 1 aliphatic carbocycles. The molecule has 4 nitrogen and oxygen atoms in total. The fraction of sp³-hybridized carbons (Fsp3) is 0.846. The number of methoxy groups -OCH3 is 1. The van der Waals surface area contributed by atoms with Crippen molar-refractivity contribution < 1.29 is 14.3 Å². The van der Waals surface area contributed by atoms with Crippen LogP contribution in [0.4, 0.5) is 0 Å². The molecule has 1 saturated carbocycles. The van der Waals surface area contributed by atoms with Gasteiger partial charge in [-0.15, -0.1) is 0 Å². The number of amides is 1. The van der Waals surface area contributed by atoms with Crippen molar-refractivity contribution in [2.24, 2.45) is 23.7 Å². The number of nitrogens with zero attached hydrogens (tertiary/aromatic N) is 1. The van der Waals surface area contributed by atoms with Crippen LogP contribution in [0.15, 0.2) is 0 Å². The van der Waals surface area contributed by atoms with Crippen LogP contribution in [-0.4, -0.2) is 37.0 Å². The molecule has 1 amide bonds. The monoisotopic (exact) mass is 239 g/mol. The fourth-order valence-corrected chi connectivity index (χ4v) is 2.69. The van der Waals surface area contributed by atoms with Gasteiger partial charge in [0.1, 0.15) is 0 Å². The second kappa shape index (κ2) is 4.67. The SMILES string of the molecule is COC(=O)C1CN(C(=O)C(C)C2CC2)CC1C. The highest BCUT2D eigenvalue weighted by atomic mass is 16.5. The van der Waals surface area contributed by atoms with Crippen LogP contribution in [0.25, 0.3) is 0 Å². The Balaban J connectivity index is 1.95. The van der Waals surface area contributed by atoms with E-state index in [1.54, 1.807) is 0 Å². The molecule has 1 aliphatic heterocycles. The van der Waals surface area contributed by atoms with Crippen LogP contribution in [0.2, 0.25) is 0 Å². The van der Waals surface area contributed by atoms with E-state index in [4.69, 9.17) is 4.74 Å². The number of ether oxygens (including phenoxy) is 1. The van der Waals surface area contributed by atoms with E-state index in [0.29, 0.717) is 19.0 Å². The molecule has 0 aromatic rings. The Bertz CT molecular complexity index is 325. The van der Waals surface area contributed by atoms with Gasteiger partial charge in [-0.25, -0.2) is 0 Å². The molecule has 3 atom stereocenters. The van der Waals surface area contributed by atoms with Crippen LogP contribution >= 0.6 is 0 Å². The highest BCUT2D eigenvalue weighted by Gasteiger charge is 2.41. The third-order valence-corrected chi connectivity index (χ3v) is 4.15. The van der Waals surface area contributed by atoms with Crippen molar-refractivity contribution in [2.45, 2.75) is 26.7 Å². The quantitative estimate of drug-likeness (QED) is 0.697. The molecule has 2 fully saturated rings. The molecule has 1 heterocycles. The van der Waals surface area contributed by atoms with Gasteiger partial charge in [0.2, 0.25) is 5.91 Å². The van der Waals surface area contributed by atoms with E-state index < -0.39 is 0 Å². The molecular formula is C13H21NO3. The Hall–Kier alpha value is -1.06. The lowest BCUT2D eigenvalue weighted by Gasteiger charge is -2.20. The van der Waals surface area contributed by atoms with E-state index in [9.17, 15) is 9.59 Å². The zero-order valence-corrected chi connectivity index (χ0v) is 10.8. The van der Waals surface area contributed by atoms with E-state index in [1.807, 2.05) is 18.7 Å². The van der Waals surface area contributed by atoms with Crippen molar-refractivity contribution in [3.8, 4) is 0 Å². The molecule has 0 aromatic heterocycles. The van der Waals surface area contributed by atoms with Crippen LogP contribution in [0.3, 0.4) is 0 Å². The topological polar surface area (TPSA) is 46.6 Å². The predicted molar refractivity (Wildman–Crippen MR) is 63.1 cm³/mol. The molecule has 0 spiro atoms. The third kappa shape index (κ3) is 2.45. The first kappa shape index (κ1) is 12.4. The molecule has 2 rings (SSSR count). The summed E-state index contributed by atoms with van der Waals surface area (Å²) in [5.41, 5.74) is 0. The zero-order valence-electron chi connectivity index (χ0n) is 10.8. The smallest absolute Gasteiger partial charge is 0.310 e. The second-order valence-corrected chi connectivity index (χ2v) is 5.48. The Morgan fingerprint density at radius 3 is 2.47 bits per heavy atom. The van der Waals surface area contributed by atoms with Crippen LogP contribution in [-0.2, 0) is 14.3 Å². The number of likely N-dealkylation sites (tertiary alicyclic amines) is 1. The molecule has 0 bridgehead atoms. The summed E-state index contributed by atoms with van der Waals surface area (Å²) in [7, 11) is 1.41. The van der Waals surface area contributed by atoms with E-state index in [-0.39, 0.29) is 29.6 Å². The van der Waals surface area contributed by atoms with Crippen molar-refractivity contribution in [2.75, 3.05) is 20.2 Å². The Labute approximate surface area is 102 Å². The molecule has 4 heteroatoms. The first-order valence-electron chi connectivity index (χ1n) is 6.41. The van der Waals surface area contributed by atoms with Crippen molar-refractivity contribution in [1.82, 2.24) is 4.90 Å². The fourth-order valence-electron chi connectivity index (χ4n) is 2.69. The maximum atomic E-state index is 12.2. The number of rotatable bonds is 3. The van der Waals surface area contributed by atoms with Gasteiger partial charge in [-0.3, -0.25) is 9.59 Å². The maximum absolute atomic E-state index is 12.2. The summed E-state index contributed by atoms with van der Waals surface area (Å²) in [4.78, 5) is 25.6. The van der Waals surface area contributed by atoms with E-state index in [0.717, 1.165) is 0 Å². The Morgan fingerprint density at radius 1 is 1.29 bits per heavy atom. The van der Waals surface area contributed by atoms with Gasteiger partial charge in [-0.1, -0.05) is 13.8 Å². The van der Waals surface area contributed by atoms with E-state index in [1.165, 1.54) is 20.0 Å². The minimum Gasteiger partial charge on any atom is -0.469 e. The zero-order chi connectivity index (χ0) is 12.6. The Morgan fingerprint density at radius 2 is 1.94 bits per heavy atom. The molecule has 0 N–H and O–H groups in total. The largest absolute Gasteiger partial charge is 0.469 e. The average molecular weight is 239 g/mol. The van der Waals surface area contributed by atoms with Crippen molar-refractivity contribution >= 4 is 11.9 Å². The first-order valence-corrected chi connectivity index (χ1v) is 6.41. The molecule has 17 heavy (non-hydrogen) atoms. The highest BCUT2D eigenvalue weighted by Crippen LogP contribution is 2.38. The summed E-state index contributed by atoms with van der Waals surface area (Å²) in [6.07, 6.45) is 2.35. The minimum atomic E-state index is -0.188. The molecule has 0 radical (unpaired) electrons. The van der Waals surface area contributed by atoms with Gasteiger partial charge >= 0.3 is 5.97 Å². The van der Waals surface area contributed by atoms with Crippen LogP contribution in [0, 0.1) is 23.7 Å². The standard InChI is InChI=1S/C13H21NO3/c1-8-6-14(7-11(8)13(16)17-3)12(15)9(2)10-4-5-10/h8-11H,4-7H2,1-3H3. The summed E-state index contributed by atoms with van der Waals surface area (Å²) in [5, 5.41) is 0. The molecule has 3 unspecified atom stereocenters. The predicted octanol–water partition coefficient (Wildman–Crippen LogP) is 1.30. The number of carbonyl (C=O) groups is 2. The summed E-state index contributed by atoms with van der Waals surface area (Å²) in [6, 6.07) is 0. The summed E-state index contributed by atoms with van der Waals surface area (Å²) >= 11 is 0. The third-order valence-electron chi connectivity index (χ3n) is 4.15. The first-order chi connectivity index (χ1) is 8.04. The normalized spacial score (nSPS) is 30.2. The van der Waals surface area contributed by atoms with Gasteiger partial charge in [-0.05, 0) is 24.7 Å².